The normalized spacial score (nSPS) is 10.3. The number of nitrogens with zero attached hydrogens (tertiary/aromatic N) is 1. The fourth-order valence-corrected chi connectivity index (χ4v) is 1.92. The van der Waals surface area contributed by atoms with Gasteiger partial charge in [0.2, 0.25) is 0 Å². The molecule has 0 heterocycles. The van der Waals surface area contributed by atoms with Crippen LogP contribution in [0, 0.1) is 5.92 Å². The number of hydrogen-bond donors (Lipinski definition) is 0. The van der Waals surface area contributed by atoms with E-state index in [1.54, 1.807) is 4.90 Å². The van der Waals surface area contributed by atoms with Gasteiger partial charge < -0.3 is 29.4 Å². The van der Waals surface area contributed by atoms with Gasteiger partial charge in [-0.2, -0.15) is 0 Å². The molecule has 0 bridgehead atoms. The quantitative estimate of drug-likeness (QED) is 0.229. The van der Waals surface area contributed by atoms with Gasteiger partial charge in [-0.1, -0.05) is 13.8 Å². The van der Waals surface area contributed by atoms with Crippen molar-refractivity contribution in [2.75, 3.05) is 32.8 Å². The SMILES string of the molecule is CC(C)CCCOCCCN(CCC(=O)[O-])CCC(=O)[O-].[Na+].[Na+]. The molecule has 6 nitrogen and oxygen atoms in total. The molecule has 0 spiro atoms. The molecule has 0 aliphatic carbocycles. The zero-order chi connectivity index (χ0) is 16.1. The summed E-state index contributed by atoms with van der Waals surface area (Å²) in [5.41, 5.74) is 0. The third-order valence-corrected chi connectivity index (χ3v) is 3.10. The summed E-state index contributed by atoms with van der Waals surface area (Å²) in [6.45, 7) is 6.89. The molecule has 124 valence electrons. The maximum Gasteiger partial charge on any atom is 1.00 e. The second-order valence-electron chi connectivity index (χ2n) is 5.59. The molecule has 0 unspecified atom stereocenters. The first kappa shape index (κ1) is 28.7. The van der Waals surface area contributed by atoms with Gasteiger partial charge in [-0.3, -0.25) is 0 Å². The van der Waals surface area contributed by atoms with E-state index in [1.165, 1.54) is 0 Å². The van der Waals surface area contributed by atoms with Crippen molar-refractivity contribution < 1.29 is 83.7 Å². The standard InChI is InChI=1S/C15H29NO5.2Na/c1-13(2)5-3-11-21-12-4-8-16(9-6-14(17)18)10-7-15(19)20;;/h13H,3-12H2,1-2H3,(H,17,18)(H,19,20);;/q;2*+1/p-2. The minimum absolute atomic E-state index is 0. The molecule has 0 aromatic heterocycles. The van der Waals surface area contributed by atoms with Crippen LogP contribution in [0.5, 0.6) is 0 Å². The van der Waals surface area contributed by atoms with Crippen LogP contribution in [0.1, 0.15) is 46.0 Å². The van der Waals surface area contributed by atoms with Gasteiger partial charge in [0.25, 0.3) is 0 Å². The Bertz CT molecular complexity index is 286. The molecule has 0 saturated carbocycles. The van der Waals surface area contributed by atoms with Crippen LogP contribution in [0.2, 0.25) is 0 Å². The Labute approximate surface area is 183 Å². The van der Waals surface area contributed by atoms with Crippen molar-refractivity contribution in [3.05, 3.63) is 0 Å². The van der Waals surface area contributed by atoms with Gasteiger partial charge in [0.15, 0.2) is 0 Å². The van der Waals surface area contributed by atoms with Crippen molar-refractivity contribution in [1.29, 1.82) is 0 Å². The molecule has 0 fully saturated rings. The predicted molar refractivity (Wildman–Crippen MR) is 75.2 cm³/mol. The molecular weight excluding hydrogens is 320 g/mol. The molecule has 0 aromatic carbocycles. The molecule has 8 heteroatoms. The summed E-state index contributed by atoms with van der Waals surface area (Å²) in [5.74, 6) is -1.57. The van der Waals surface area contributed by atoms with Crippen molar-refractivity contribution in [2.24, 2.45) is 5.92 Å². The van der Waals surface area contributed by atoms with E-state index in [9.17, 15) is 19.8 Å². The Morgan fingerprint density at radius 3 is 1.83 bits per heavy atom. The van der Waals surface area contributed by atoms with Gasteiger partial charge >= 0.3 is 59.1 Å². The average molecular weight is 347 g/mol. The molecule has 0 rings (SSSR count). The zero-order valence-corrected chi connectivity index (χ0v) is 19.1. The van der Waals surface area contributed by atoms with E-state index < -0.39 is 11.9 Å². The van der Waals surface area contributed by atoms with Gasteiger partial charge in [-0.15, -0.1) is 0 Å². The monoisotopic (exact) mass is 347 g/mol. The van der Waals surface area contributed by atoms with Crippen molar-refractivity contribution in [3.63, 3.8) is 0 Å². The van der Waals surface area contributed by atoms with E-state index in [2.05, 4.69) is 13.8 Å². The maximum atomic E-state index is 10.5. The molecule has 0 radical (unpaired) electrons. The van der Waals surface area contributed by atoms with Crippen molar-refractivity contribution in [2.45, 2.75) is 46.0 Å². The Kier molecular flexibility index (Phi) is 23.9. The van der Waals surface area contributed by atoms with Gasteiger partial charge in [0.1, 0.15) is 0 Å². The minimum atomic E-state index is -1.13. The van der Waals surface area contributed by atoms with E-state index in [0.29, 0.717) is 32.2 Å². The fraction of sp³-hybridized carbons (Fsp3) is 0.867. The number of aliphatic carboxylic acids is 2. The first-order valence-electron chi connectivity index (χ1n) is 7.61. The molecule has 0 aliphatic heterocycles. The second-order valence-corrected chi connectivity index (χ2v) is 5.59. The molecule has 0 saturated heterocycles. The smallest absolute Gasteiger partial charge is 0.550 e. The zero-order valence-electron chi connectivity index (χ0n) is 15.1. The number of ether oxygens (including phenoxy) is 1. The van der Waals surface area contributed by atoms with Crippen LogP contribution in [0.15, 0.2) is 0 Å². The molecule has 0 atom stereocenters. The number of carboxylic acids is 2. The maximum absolute atomic E-state index is 10.5. The first-order chi connectivity index (χ1) is 9.91. The molecule has 0 N–H and O–H groups in total. The number of carbonyl (C=O) groups is 2. The number of hydrogen-bond acceptors (Lipinski definition) is 6. The molecular formula is C15H27NNa2O5. The van der Waals surface area contributed by atoms with E-state index in [1.807, 2.05) is 0 Å². The largest absolute Gasteiger partial charge is 1.00 e. The van der Waals surface area contributed by atoms with Crippen LogP contribution in [-0.2, 0) is 14.3 Å². The van der Waals surface area contributed by atoms with Gasteiger partial charge in [0.05, 0.1) is 0 Å². The third-order valence-electron chi connectivity index (χ3n) is 3.10. The number of carboxylic acid groups (broad SMARTS) is 2. The van der Waals surface area contributed by atoms with Crippen molar-refractivity contribution in [3.8, 4) is 0 Å². The third kappa shape index (κ3) is 22.9. The van der Waals surface area contributed by atoms with Crippen LogP contribution in [0.3, 0.4) is 0 Å². The van der Waals surface area contributed by atoms with Gasteiger partial charge in [0, 0.05) is 44.8 Å². The van der Waals surface area contributed by atoms with Crippen LogP contribution in [0.4, 0.5) is 0 Å². The van der Waals surface area contributed by atoms with Crippen LogP contribution in [-0.4, -0.2) is 49.7 Å². The summed E-state index contributed by atoms with van der Waals surface area (Å²) in [6, 6.07) is 0. The van der Waals surface area contributed by atoms with Crippen LogP contribution in [0.25, 0.3) is 0 Å². The van der Waals surface area contributed by atoms with Crippen LogP contribution >= 0.6 is 0 Å². The summed E-state index contributed by atoms with van der Waals surface area (Å²) in [5, 5.41) is 20.9. The molecule has 23 heavy (non-hydrogen) atoms. The summed E-state index contributed by atoms with van der Waals surface area (Å²) < 4.78 is 5.50. The Balaban J connectivity index is -0.00000200. The Morgan fingerprint density at radius 1 is 0.913 bits per heavy atom. The van der Waals surface area contributed by atoms with Crippen LogP contribution < -0.4 is 69.3 Å². The number of carbonyl (C=O) groups excluding carboxylic acids is 2. The average Bonchev–Trinajstić information content (AvgIpc) is 2.39. The minimum Gasteiger partial charge on any atom is -0.550 e. The van der Waals surface area contributed by atoms with Gasteiger partial charge in [-0.05, 0) is 38.0 Å². The molecule has 0 aromatic rings. The summed E-state index contributed by atoms with van der Waals surface area (Å²) in [7, 11) is 0. The van der Waals surface area contributed by atoms with E-state index in [0.717, 1.165) is 25.9 Å². The van der Waals surface area contributed by atoms with E-state index in [-0.39, 0.29) is 72.0 Å². The topological polar surface area (TPSA) is 92.7 Å². The Morgan fingerprint density at radius 2 is 1.39 bits per heavy atom. The molecule has 0 amide bonds. The van der Waals surface area contributed by atoms with Gasteiger partial charge in [-0.25, -0.2) is 0 Å². The van der Waals surface area contributed by atoms with E-state index in [4.69, 9.17) is 4.74 Å². The molecule has 0 aliphatic rings. The summed E-state index contributed by atoms with van der Waals surface area (Å²) in [4.78, 5) is 22.7. The first-order valence-corrected chi connectivity index (χ1v) is 7.61. The summed E-state index contributed by atoms with van der Waals surface area (Å²) >= 11 is 0. The Hall–Kier alpha value is 0.860. The fourth-order valence-electron chi connectivity index (χ4n) is 1.92. The number of rotatable bonds is 14. The predicted octanol–water partition coefficient (Wildman–Crippen LogP) is -6.58. The summed E-state index contributed by atoms with van der Waals surface area (Å²) in [6.07, 6.45) is 2.74. The van der Waals surface area contributed by atoms with E-state index >= 15 is 0 Å². The van der Waals surface area contributed by atoms with Crippen molar-refractivity contribution >= 4 is 11.9 Å². The second kappa shape index (κ2) is 19.2. The van der Waals surface area contributed by atoms with Crippen molar-refractivity contribution in [1.82, 2.24) is 4.90 Å².